The normalized spacial score (nSPS) is 15.3. The zero-order valence-electron chi connectivity index (χ0n) is 13.5. The highest BCUT2D eigenvalue weighted by Gasteiger charge is 2.15. The summed E-state index contributed by atoms with van der Waals surface area (Å²) in [6.45, 7) is 0.485. The lowest BCUT2D eigenvalue weighted by Gasteiger charge is -2.22. The van der Waals surface area contributed by atoms with Crippen LogP contribution >= 0.6 is 0 Å². The van der Waals surface area contributed by atoms with Gasteiger partial charge in [-0.1, -0.05) is 25.3 Å². The van der Waals surface area contributed by atoms with Crippen molar-refractivity contribution >= 4 is 6.03 Å². The highest BCUT2D eigenvalue weighted by Crippen LogP contribution is 2.17. The van der Waals surface area contributed by atoms with E-state index in [1.807, 2.05) is 25.4 Å². The Morgan fingerprint density at radius 1 is 1.26 bits per heavy atom. The lowest BCUT2D eigenvalue weighted by atomic mass is 9.96. The Bertz CT molecular complexity index is 643. The molecule has 3 rings (SSSR count). The lowest BCUT2D eigenvalue weighted by Crippen LogP contribution is -2.42. The fourth-order valence-corrected chi connectivity index (χ4v) is 2.92. The summed E-state index contributed by atoms with van der Waals surface area (Å²) < 4.78 is 1.75. The number of carbonyl (C=O) groups excluding carboxylic acids is 1. The molecule has 122 valence electrons. The van der Waals surface area contributed by atoms with Gasteiger partial charge in [0, 0.05) is 37.6 Å². The standard InChI is InChI=1S/C17H23N5O/c1-22-12-14(11-20-22)16-8-7-13(9-18-16)10-19-17(23)21-15-5-3-2-4-6-15/h7-9,11-12,15H,2-6,10H2,1H3,(H2,19,21,23). The van der Waals surface area contributed by atoms with E-state index in [2.05, 4.69) is 20.7 Å². The first-order valence-corrected chi connectivity index (χ1v) is 8.19. The molecule has 2 N–H and O–H groups in total. The van der Waals surface area contributed by atoms with Gasteiger partial charge in [-0.15, -0.1) is 0 Å². The number of nitrogens with zero attached hydrogens (tertiary/aromatic N) is 3. The number of aromatic nitrogens is 3. The van der Waals surface area contributed by atoms with Crippen molar-refractivity contribution in [1.29, 1.82) is 0 Å². The SMILES string of the molecule is Cn1cc(-c2ccc(CNC(=O)NC3CCCCC3)cn2)cn1. The van der Waals surface area contributed by atoms with E-state index in [9.17, 15) is 4.79 Å². The molecule has 2 heterocycles. The maximum Gasteiger partial charge on any atom is 0.315 e. The molecule has 0 spiro atoms. The second-order valence-corrected chi connectivity index (χ2v) is 6.12. The van der Waals surface area contributed by atoms with Gasteiger partial charge in [0.25, 0.3) is 0 Å². The zero-order valence-corrected chi connectivity index (χ0v) is 13.5. The van der Waals surface area contributed by atoms with E-state index < -0.39 is 0 Å². The van der Waals surface area contributed by atoms with Crippen molar-refractivity contribution in [1.82, 2.24) is 25.4 Å². The molecule has 0 aliphatic heterocycles. The quantitative estimate of drug-likeness (QED) is 0.911. The third-order valence-electron chi connectivity index (χ3n) is 4.22. The maximum atomic E-state index is 11.9. The number of hydrogen-bond acceptors (Lipinski definition) is 3. The molecule has 2 aromatic rings. The molecule has 1 aliphatic carbocycles. The van der Waals surface area contributed by atoms with E-state index in [4.69, 9.17) is 0 Å². The van der Waals surface area contributed by atoms with Gasteiger partial charge in [0.05, 0.1) is 11.9 Å². The maximum absolute atomic E-state index is 11.9. The Morgan fingerprint density at radius 3 is 2.74 bits per heavy atom. The Morgan fingerprint density at radius 2 is 2.09 bits per heavy atom. The highest BCUT2D eigenvalue weighted by molar-refractivity contribution is 5.74. The first-order chi connectivity index (χ1) is 11.2. The third-order valence-corrected chi connectivity index (χ3v) is 4.22. The van der Waals surface area contributed by atoms with Gasteiger partial charge in [0.15, 0.2) is 0 Å². The first kappa shape index (κ1) is 15.5. The van der Waals surface area contributed by atoms with Crippen molar-refractivity contribution in [2.75, 3.05) is 0 Å². The molecular formula is C17H23N5O. The molecule has 6 nitrogen and oxygen atoms in total. The minimum atomic E-state index is -0.0896. The van der Waals surface area contributed by atoms with E-state index in [1.165, 1.54) is 19.3 Å². The first-order valence-electron chi connectivity index (χ1n) is 8.19. The fourth-order valence-electron chi connectivity index (χ4n) is 2.92. The van der Waals surface area contributed by atoms with Gasteiger partial charge in [-0.2, -0.15) is 5.10 Å². The summed E-state index contributed by atoms with van der Waals surface area (Å²) in [6, 6.07) is 4.17. The van der Waals surface area contributed by atoms with Crippen LogP contribution in [0.25, 0.3) is 11.3 Å². The van der Waals surface area contributed by atoms with Crippen LogP contribution in [0.5, 0.6) is 0 Å². The fraction of sp³-hybridized carbons (Fsp3) is 0.471. The third kappa shape index (κ3) is 4.31. The van der Waals surface area contributed by atoms with E-state index in [1.54, 1.807) is 17.1 Å². The number of urea groups is 1. The minimum Gasteiger partial charge on any atom is -0.335 e. The Labute approximate surface area is 136 Å². The summed E-state index contributed by atoms with van der Waals surface area (Å²) in [6.07, 6.45) is 11.4. The average molecular weight is 313 g/mol. The van der Waals surface area contributed by atoms with Gasteiger partial charge in [-0.3, -0.25) is 9.67 Å². The molecule has 0 bridgehead atoms. The number of amides is 2. The van der Waals surface area contributed by atoms with Crippen LogP contribution in [0.2, 0.25) is 0 Å². The Kier molecular flexibility index (Phi) is 4.90. The molecule has 23 heavy (non-hydrogen) atoms. The number of pyridine rings is 1. The largest absolute Gasteiger partial charge is 0.335 e. The molecular weight excluding hydrogens is 290 g/mol. The molecule has 2 aromatic heterocycles. The van der Waals surface area contributed by atoms with Gasteiger partial charge in [-0.25, -0.2) is 4.79 Å². The summed E-state index contributed by atoms with van der Waals surface area (Å²) in [4.78, 5) is 16.4. The number of nitrogens with one attached hydrogen (secondary N) is 2. The van der Waals surface area contributed by atoms with Crippen LogP contribution in [-0.2, 0) is 13.6 Å². The van der Waals surface area contributed by atoms with Crippen LogP contribution in [0.15, 0.2) is 30.7 Å². The van der Waals surface area contributed by atoms with Crippen molar-refractivity contribution in [3.05, 3.63) is 36.3 Å². The molecule has 0 unspecified atom stereocenters. The van der Waals surface area contributed by atoms with Crippen molar-refractivity contribution in [2.45, 2.75) is 44.7 Å². The van der Waals surface area contributed by atoms with Crippen LogP contribution in [0, 0.1) is 0 Å². The second-order valence-electron chi connectivity index (χ2n) is 6.12. The Hall–Kier alpha value is -2.37. The number of carbonyl (C=O) groups is 1. The lowest BCUT2D eigenvalue weighted by molar-refractivity contribution is 0.232. The zero-order chi connectivity index (χ0) is 16.1. The molecule has 1 fully saturated rings. The van der Waals surface area contributed by atoms with Crippen LogP contribution in [0.3, 0.4) is 0 Å². The number of aryl methyl sites for hydroxylation is 1. The van der Waals surface area contributed by atoms with E-state index in [-0.39, 0.29) is 6.03 Å². The summed E-state index contributed by atoms with van der Waals surface area (Å²) >= 11 is 0. The molecule has 0 atom stereocenters. The van der Waals surface area contributed by atoms with Crippen LogP contribution in [0.1, 0.15) is 37.7 Å². The molecule has 1 saturated carbocycles. The van der Waals surface area contributed by atoms with Gasteiger partial charge in [0.2, 0.25) is 0 Å². The minimum absolute atomic E-state index is 0.0896. The van der Waals surface area contributed by atoms with Crippen LogP contribution in [0.4, 0.5) is 4.79 Å². The van der Waals surface area contributed by atoms with Gasteiger partial charge in [-0.05, 0) is 24.5 Å². The van der Waals surface area contributed by atoms with E-state index >= 15 is 0 Å². The summed E-state index contributed by atoms with van der Waals surface area (Å²) in [5, 5.41) is 10.1. The molecule has 0 saturated heterocycles. The van der Waals surface area contributed by atoms with Gasteiger partial charge < -0.3 is 10.6 Å². The number of hydrogen-bond donors (Lipinski definition) is 2. The summed E-state index contributed by atoms with van der Waals surface area (Å²) in [5.74, 6) is 0. The monoisotopic (exact) mass is 313 g/mol. The summed E-state index contributed by atoms with van der Waals surface area (Å²) in [5.41, 5.74) is 2.85. The van der Waals surface area contributed by atoms with Crippen molar-refractivity contribution in [3.63, 3.8) is 0 Å². The van der Waals surface area contributed by atoms with Crippen molar-refractivity contribution < 1.29 is 4.79 Å². The van der Waals surface area contributed by atoms with Crippen molar-refractivity contribution in [2.24, 2.45) is 7.05 Å². The van der Waals surface area contributed by atoms with Gasteiger partial charge >= 0.3 is 6.03 Å². The van der Waals surface area contributed by atoms with E-state index in [0.717, 1.165) is 29.7 Å². The van der Waals surface area contributed by atoms with Crippen molar-refractivity contribution in [3.8, 4) is 11.3 Å². The molecule has 0 radical (unpaired) electrons. The second kappa shape index (κ2) is 7.26. The van der Waals surface area contributed by atoms with Gasteiger partial charge in [0.1, 0.15) is 0 Å². The predicted octanol–water partition coefficient (Wildman–Crippen LogP) is 2.61. The topological polar surface area (TPSA) is 71.8 Å². The van der Waals surface area contributed by atoms with Crippen LogP contribution in [-0.4, -0.2) is 26.8 Å². The Balaban J connectivity index is 1.49. The average Bonchev–Trinajstić information content (AvgIpc) is 3.01. The highest BCUT2D eigenvalue weighted by atomic mass is 16.2. The number of rotatable bonds is 4. The summed E-state index contributed by atoms with van der Waals surface area (Å²) in [7, 11) is 1.88. The molecule has 6 heteroatoms. The molecule has 1 aliphatic rings. The molecule has 0 aromatic carbocycles. The predicted molar refractivity (Wildman–Crippen MR) is 88.7 cm³/mol. The smallest absolute Gasteiger partial charge is 0.315 e. The van der Waals surface area contributed by atoms with Crippen LogP contribution < -0.4 is 10.6 Å². The molecule has 2 amide bonds. The van der Waals surface area contributed by atoms with E-state index in [0.29, 0.717) is 12.6 Å².